The molecule has 0 aliphatic carbocycles. The van der Waals surface area contributed by atoms with Crippen molar-refractivity contribution in [2.75, 3.05) is 14.2 Å². The second-order valence-corrected chi connectivity index (χ2v) is 4.12. The van der Waals surface area contributed by atoms with E-state index in [0.29, 0.717) is 11.5 Å². The molecular formula is C13H16N2O3. The second kappa shape index (κ2) is 4.60. The number of rotatable bonds is 4. The van der Waals surface area contributed by atoms with Gasteiger partial charge in [-0.05, 0) is 12.5 Å². The molecule has 18 heavy (non-hydrogen) atoms. The molecule has 5 nitrogen and oxygen atoms in total. The van der Waals surface area contributed by atoms with Crippen LogP contribution in [0.25, 0.3) is 10.9 Å². The van der Waals surface area contributed by atoms with Crippen LogP contribution in [0.2, 0.25) is 0 Å². The highest BCUT2D eigenvalue weighted by molar-refractivity contribution is 5.94. The summed E-state index contributed by atoms with van der Waals surface area (Å²) in [4.78, 5) is 14.3. The standard InChI is InChI=1S/C13H16N2O3/c1-7-9(6-12(14)16)13-10(15-7)4-8(17-2)5-11(13)18-3/h4-5,15H,6H2,1-3H3,(H2,14,16). The van der Waals surface area contributed by atoms with E-state index >= 15 is 0 Å². The van der Waals surface area contributed by atoms with Gasteiger partial charge in [-0.25, -0.2) is 0 Å². The Morgan fingerprint density at radius 2 is 2.06 bits per heavy atom. The van der Waals surface area contributed by atoms with Gasteiger partial charge in [0.2, 0.25) is 5.91 Å². The first-order valence-corrected chi connectivity index (χ1v) is 5.58. The van der Waals surface area contributed by atoms with Crippen molar-refractivity contribution >= 4 is 16.8 Å². The summed E-state index contributed by atoms with van der Waals surface area (Å²) in [7, 11) is 3.19. The summed E-state index contributed by atoms with van der Waals surface area (Å²) in [6.45, 7) is 1.91. The number of nitrogens with two attached hydrogens (primary N) is 1. The van der Waals surface area contributed by atoms with Crippen LogP contribution in [-0.4, -0.2) is 25.1 Å². The van der Waals surface area contributed by atoms with Crippen LogP contribution in [0.5, 0.6) is 11.5 Å². The first-order valence-electron chi connectivity index (χ1n) is 5.58. The smallest absolute Gasteiger partial charge is 0.221 e. The Balaban J connectivity index is 2.71. The van der Waals surface area contributed by atoms with E-state index < -0.39 is 0 Å². The van der Waals surface area contributed by atoms with Gasteiger partial charge in [0.25, 0.3) is 0 Å². The quantitative estimate of drug-likeness (QED) is 0.861. The SMILES string of the molecule is COc1cc(OC)c2c(CC(N)=O)c(C)[nH]c2c1. The molecule has 1 aromatic carbocycles. The molecule has 0 fully saturated rings. The van der Waals surface area contributed by atoms with E-state index in [1.165, 1.54) is 0 Å². The third-order valence-electron chi connectivity index (χ3n) is 2.96. The lowest BCUT2D eigenvalue weighted by Gasteiger charge is -2.07. The van der Waals surface area contributed by atoms with Crippen molar-refractivity contribution in [1.82, 2.24) is 4.98 Å². The van der Waals surface area contributed by atoms with Gasteiger partial charge < -0.3 is 20.2 Å². The summed E-state index contributed by atoms with van der Waals surface area (Å²) in [6.07, 6.45) is 0.189. The maximum Gasteiger partial charge on any atom is 0.221 e. The van der Waals surface area contributed by atoms with Gasteiger partial charge in [0.1, 0.15) is 11.5 Å². The molecule has 1 amide bonds. The van der Waals surface area contributed by atoms with E-state index in [0.717, 1.165) is 22.2 Å². The molecular weight excluding hydrogens is 232 g/mol. The molecule has 96 valence electrons. The maximum absolute atomic E-state index is 11.1. The van der Waals surface area contributed by atoms with Crippen molar-refractivity contribution < 1.29 is 14.3 Å². The maximum atomic E-state index is 11.1. The number of fused-ring (bicyclic) bond motifs is 1. The Morgan fingerprint density at radius 3 is 2.61 bits per heavy atom. The van der Waals surface area contributed by atoms with Crippen molar-refractivity contribution in [3.63, 3.8) is 0 Å². The van der Waals surface area contributed by atoms with Gasteiger partial charge in [0.15, 0.2) is 0 Å². The van der Waals surface area contributed by atoms with Gasteiger partial charge in [0.05, 0.1) is 26.2 Å². The van der Waals surface area contributed by atoms with E-state index in [1.54, 1.807) is 20.3 Å². The summed E-state index contributed by atoms with van der Waals surface area (Å²) >= 11 is 0. The van der Waals surface area contributed by atoms with Gasteiger partial charge >= 0.3 is 0 Å². The van der Waals surface area contributed by atoms with Gasteiger partial charge in [-0.15, -0.1) is 0 Å². The molecule has 0 aliphatic heterocycles. The van der Waals surface area contributed by atoms with Gasteiger partial charge in [-0.3, -0.25) is 4.79 Å². The average Bonchev–Trinajstić information content (AvgIpc) is 2.64. The third-order valence-corrected chi connectivity index (χ3v) is 2.96. The fourth-order valence-corrected chi connectivity index (χ4v) is 2.14. The highest BCUT2D eigenvalue weighted by Gasteiger charge is 2.16. The topological polar surface area (TPSA) is 77.3 Å². The average molecular weight is 248 g/mol. The first kappa shape index (κ1) is 12.3. The number of ether oxygens (including phenoxy) is 2. The fraction of sp³-hybridized carbons (Fsp3) is 0.308. The number of primary amides is 1. The van der Waals surface area contributed by atoms with Gasteiger partial charge in [-0.1, -0.05) is 0 Å². The van der Waals surface area contributed by atoms with Crippen LogP contribution in [-0.2, 0) is 11.2 Å². The number of carbonyl (C=O) groups is 1. The fourth-order valence-electron chi connectivity index (χ4n) is 2.14. The number of hydrogen-bond donors (Lipinski definition) is 2. The molecule has 0 atom stereocenters. The molecule has 2 aromatic rings. The molecule has 0 radical (unpaired) electrons. The number of nitrogens with one attached hydrogen (secondary N) is 1. The molecule has 1 aromatic heterocycles. The van der Waals surface area contributed by atoms with Crippen LogP contribution < -0.4 is 15.2 Å². The number of benzene rings is 1. The minimum atomic E-state index is -0.364. The van der Waals surface area contributed by atoms with Crippen LogP contribution in [0.3, 0.4) is 0 Å². The first-order chi connectivity index (χ1) is 8.56. The Morgan fingerprint density at radius 1 is 1.33 bits per heavy atom. The zero-order chi connectivity index (χ0) is 13.3. The molecule has 0 aliphatic rings. The van der Waals surface area contributed by atoms with Crippen LogP contribution in [0, 0.1) is 6.92 Å². The molecule has 1 heterocycles. The minimum Gasteiger partial charge on any atom is -0.497 e. The lowest BCUT2D eigenvalue weighted by molar-refractivity contribution is -0.117. The predicted molar refractivity (Wildman–Crippen MR) is 69.0 cm³/mol. The number of carbonyl (C=O) groups excluding carboxylic acids is 1. The number of H-pyrrole nitrogens is 1. The molecule has 0 saturated heterocycles. The van der Waals surface area contributed by atoms with Crippen LogP contribution in [0.15, 0.2) is 12.1 Å². The lowest BCUT2D eigenvalue weighted by Crippen LogP contribution is -2.14. The van der Waals surface area contributed by atoms with Crippen LogP contribution in [0.1, 0.15) is 11.3 Å². The van der Waals surface area contributed by atoms with Crippen molar-refractivity contribution in [1.29, 1.82) is 0 Å². The molecule has 3 N–H and O–H groups in total. The number of aromatic amines is 1. The summed E-state index contributed by atoms with van der Waals surface area (Å²) < 4.78 is 10.6. The number of aromatic nitrogens is 1. The largest absolute Gasteiger partial charge is 0.497 e. The van der Waals surface area contributed by atoms with E-state index in [4.69, 9.17) is 15.2 Å². The minimum absolute atomic E-state index is 0.189. The highest BCUT2D eigenvalue weighted by atomic mass is 16.5. The molecule has 0 saturated carbocycles. The Kier molecular flexibility index (Phi) is 3.14. The third kappa shape index (κ3) is 1.99. The summed E-state index contributed by atoms with van der Waals surface area (Å²) in [5.74, 6) is 1.01. The lowest BCUT2D eigenvalue weighted by atomic mass is 10.1. The van der Waals surface area contributed by atoms with E-state index in [1.807, 2.05) is 13.0 Å². The molecule has 0 bridgehead atoms. The zero-order valence-corrected chi connectivity index (χ0v) is 10.7. The summed E-state index contributed by atoms with van der Waals surface area (Å²) in [5.41, 5.74) is 7.93. The monoisotopic (exact) mass is 248 g/mol. The number of amides is 1. The zero-order valence-electron chi connectivity index (χ0n) is 10.7. The van der Waals surface area contributed by atoms with Crippen molar-refractivity contribution in [2.24, 2.45) is 5.73 Å². The van der Waals surface area contributed by atoms with Gasteiger partial charge in [0, 0.05) is 23.2 Å². The molecule has 0 spiro atoms. The number of hydrogen-bond acceptors (Lipinski definition) is 3. The Hall–Kier alpha value is -2.17. The molecule has 0 unspecified atom stereocenters. The Labute approximate surface area is 105 Å². The van der Waals surface area contributed by atoms with Crippen LogP contribution in [0.4, 0.5) is 0 Å². The van der Waals surface area contributed by atoms with Crippen molar-refractivity contribution in [3.05, 3.63) is 23.4 Å². The normalized spacial score (nSPS) is 10.6. The van der Waals surface area contributed by atoms with E-state index in [9.17, 15) is 4.79 Å². The predicted octanol–water partition coefficient (Wildman–Crippen LogP) is 1.52. The molecule has 5 heteroatoms. The molecule has 2 rings (SSSR count). The van der Waals surface area contributed by atoms with E-state index in [2.05, 4.69) is 4.98 Å². The number of methoxy groups -OCH3 is 2. The van der Waals surface area contributed by atoms with Crippen LogP contribution >= 0.6 is 0 Å². The number of aryl methyl sites for hydroxylation is 1. The van der Waals surface area contributed by atoms with Gasteiger partial charge in [-0.2, -0.15) is 0 Å². The summed E-state index contributed by atoms with van der Waals surface area (Å²) in [6, 6.07) is 3.66. The van der Waals surface area contributed by atoms with E-state index in [-0.39, 0.29) is 12.3 Å². The Bertz CT molecular complexity index is 602. The van der Waals surface area contributed by atoms with Crippen molar-refractivity contribution in [3.8, 4) is 11.5 Å². The summed E-state index contributed by atoms with van der Waals surface area (Å²) in [5, 5.41) is 0.884. The second-order valence-electron chi connectivity index (χ2n) is 4.12. The highest BCUT2D eigenvalue weighted by Crippen LogP contribution is 2.35. The van der Waals surface area contributed by atoms with Crippen molar-refractivity contribution in [2.45, 2.75) is 13.3 Å².